The molecule has 0 amide bonds. The van der Waals surface area contributed by atoms with Crippen molar-refractivity contribution in [2.75, 3.05) is 13.1 Å². The Labute approximate surface area is 130 Å². The van der Waals surface area contributed by atoms with Crippen LogP contribution in [0.3, 0.4) is 0 Å². The molecule has 2 aromatic carbocycles. The lowest BCUT2D eigenvalue weighted by atomic mass is 9.97. The molecular weight excluding hydrogens is 328 g/mol. The quantitative estimate of drug-likeness (QED) is 0.721. The largest absolute Gasteiger partial charge is 0.329 e. The van der Waals surface area contributed by atoms with Crippen molar-refractivity contribution < 1.29 is 0 Å². The molecule has 0 spiro atoms. The molecule has 0 aliphatic carbocycles. The molecular formula is C17H15BrN2O. The molecule has 1 aliphatic heterocycles. The molecule has 4 rings (SSSR count). The lowest BCUT2D eigenvalue weighted by molar-refractivity contribution is 0.173. The third-order valence-corrected chi connectivity index (χ3v) is 4.76. The van der Waals surface area contributed by atoms with Crippen LogP contribution in [0.1, 0.15) is 12.0 Å². The summed E-state index contributed by atoms with van der Waals surface area (Å²) in [6.07, 6.45) is 3.01. The van der Waals surface area contributed by atoms with Crippen LogP contribution >= 0.6 is 15.9 Å². The van der Waals surface area contributed by atoms with Gasteiger partial charge >= 0.3 is 0 Å². The van der Waals surface area contributed by atoms with E-state index in [-0.39, 0.29) is 5.56 Å². The lowest BCUT2D eigenvalue weighted by Crippen LogP contribution is -2.36. The van der Waals surface area contributed by atoms with Crippen LogP contribution in [-0.4, -0.2) is 23.0 Å². The molecule has 0 bridgehead atoms. The molecule has 21 heavy (non-hydrogen) atoms. The number of hydrogen-bond donors (Lipinski definition) is 1. The van der Waals surface area contributed by atoms with Gasteiger partial charge in [0.25, 0.3) is 5.56 Å². The fourth-order valence-electron chi connectivity index (χ4n) is 3.07. The van der Waals surface area contributed by atoms with Gasteiger partial charge < -0.3 is 4.98 Å². The molecule has 0 unspecified atom stereocenters. The molecule has 106 valence electrons. The number of aromatic nitrogens is 1. The minimum absolute atomic E-state index is 0.0221. The van der Waals surface area contributed by atoms with E-state index in [4.69, 9.17) is 0 Å². The SMILES string of the molecule is O=c1[nH]ccc2cc(CN3CCC3)c3ccc(Br)cc3c12. The van der Waals surface area contributed by atoms with Crippen LogP contribution in [-0.2, 0) is 6.54 Å². The van der Waals surface area contributed by atoms with Gasteiger partial charge in [0.2, 0.25) is 0 Å². The number of H-pyrrole nitrogens is 1. The van der Waals surface area contributed by atoms with Gasteiger partial charge in [-0.05, 0) is 65.5 Å². The lowest BCUT2D eigenvalue weighted by Gasteiger charge is -2.31. The zero-order valence-electron chi connectivity index (χ0n) is 11.5. The molecule has 3 aromatic rings. The topological polar surface area (TPSA) is 36.1 Å². The van der Waals surface area contributed by atoms with E-state index in [1.54, 1.807) is 6.20 Å². The maximum absolute atomic E-state index is 12.2. The second kappa shape index (κ2) is 4.97. The predicted molar refractivity (Wildman–Crippen MR) is 89.7 cm³/mol. The highest BCUT2D eigenvalue weighted by Crippen LogP contribution is 2.30. The van der Waals surface area contributed by atoms with Crippen LogP contribution in [0.25, 0.3) is 21.5 Å². The van der Waals surface area contributed by atoms with E-state index in [0.29, 0.717) is 0 Å². The molecule has 3 nitrogen and oxygen atoms in total. The van der Waals surface area contributed by atoms with Crippen LogP contribution in [0.2, 0.25) is 0 Å². The predicted octanol–water partition coefficient (Wildman–Crippen LogP) is 3.65. The Morgan fingerprint density at radius 3 is 2.76 bits per heavy atom. The van der Waals surface area contributed by atoms with Gasteiger partial charge in [-0.25, -0.2) is 0 Å². The van der Waals surface area contributed by atoms with Crippen LogP contribution in [0, 0.1) is 0 Å². The summed E-state index contributed by atoms with van der Waals surface area (Å²) in [6.45, 7) is 3.30. The summed E-state index contributed by atoms with van der Waals surface area (Å²) in [4.78, 5) is 17.5. The summed E-state index contributed by atoms with van der Waals surface area (Å²) in [5.41, 5.74) is 1.28. The first-order valence-electron chi connectivity index (χ1n) is 7.17. The first kappa shape index (κ1) is 13.0. The number of nitrogens with one attached hydrogen (secondary N) is 1. The number of benzene rings is 2. The normalized spacial score (nSPS) is 15.5. The molecule has 2 heterocycles. The highest BCUT2D eigenvalue weighted by atomic mass is 79.9. The van der Waals surface area contributed by atoms with Gasteiger partial charge in [-0.15, -0.1) is 0 Å². The van der Waals surface area contributed by atoms with E-state index < -0.39 is 0 Å². The van der Waals surface area contributed by atoms with Crippen molar-refractivity contribution in [3.63, 3.8) is 0 Å². The van der Waals surface area contributed by atoms with Crippen LogP contribution < -0.4 is 5.56 Å². The Hall–Kier alpha value is -1.65. The Kier molecular flexibility index (Phi) is 3.08. The third kappa shape index (κ3) is 2.19. The monoisotopic (exact) mass is 342 g/mol. The smallest absolute Gasteiger partial charge is 0.256 e. The average molecular weight is 343 g/mol. The molecule has 1 N–H and O–H groups in total. The van der Waals surface area contributed by atoms with Crippen molar-refractivity contribution in [3.05, 3.63) is 56.9 Å². The minimum atomic E-state index is -0.0221. The minimum Gasteiger partial charge on any atom is -0.329 e. The van der Waals surface area contributed by atoms with Crippen LogP contribution in [0.4, 0.5) is 0 Å². The number of halogens is 1. The summed E-state index contributed by atoms with van der Waals surface area (Å²) < 4.78 is 1.00. The molecule has 1 saturated heterocycles. The Bertz CT molecular complexity index is 896. The summed E-state index contributed by atoms with van der Waals surface area (Å²) >= 11 is 3.52. The fourth-order valence-corrected chi connectivity index (χ4v) is 3.43. The van der Waals surface area contributed by atoms with Gasteiger partial charge in [0.15, 0.2) is 0 Å². The van der Waals surface area contributed by atoms with Gasteiger partial charge in [-0.3, -0.25) is 9.69 Å². The highest BCUT2D eigenvalue weighted by molar-refractivity contribution is 9.10. The second-order valence-corrected chi connectivity index (χ2v) is 6.54. The van der Waals surface area contributed by atoms with Crippen molar-refractivity contribution in [1.82, 2.24) is 9.88 Å². The zero-order chi connectivity index (χ0) is 14.4. The Balaban J connectivity index is 2.06. The number of rotatable bonds is 2. The Morgan fingerprint density at radius 1 is 1.14 bits per heavy atom. The number of pyridine rings is 1. The summed E-state index contributed by atoms with van der Waals surface area (Å²) in [7, 11) is 0. The van der Waals surface area contributed by atoms with E-state index in [9.17, 15) is 4.79 Å². The number of nitrogens with zero attached hydrogens (tertiary/aromatic N) is 1. The Morgan fingerprint density at radius 2 is 2.00 bits per heavy atom. The van der Waals surface area contributed by atoms with Gasteiger partial charge in [-0.2, -0.15) is 0 Å². The summed E-state index contributed by atoms with van der Waals surface area (Å²) in [5.74, 6) is 0. The molecule has 1 aromatic heterocycles. The van der Waals surface area contributed by atoms with E-state index in [0.717, 1.165) is 27.2 Å². The number of fused-ring (bicyclic) bond motifs is 3. The maximum Gasteiger partial charge on any atom is 0.256 e. The van der Waals surface area contributed by atoms with Gasteiger partial charge in [0.05, 0.1) is 5.39 Å². The molecule has 1 aliphatic rings. The van der Waals surface area contributed by atoms with Gasteiger partial charge in [0.1, 0.15) is 0 Å². The summed E-state index contributed by atoms with van der Waals surface area (Å²) in [6, 6.07) is 10.4. The van der Waals surface area contributed by atoms with Gasteiger partial charge in [0, 0.05) is 17.2 Å². The van der Waals surface area contributed by atoms with Crippen LogP contribution in [0.5, 0.6) is 0 Å². The first-order chi connectivity index (χ1) is 10.2. The fraction of sp³-hybridized carbons (Fsp3) is 0.235. The first-order valence-corrected chi connectivity index (χ1v) is 7.96. The number of hydrogen-bond acceptors (Lipinski definition) is 2. The van der Waals surface area contributed by atoms with Crippen LogP contribution in [0.15, 0.2) is 45.8 Å². The van der Waals surface area contributed by atoms with Crippen molar-refractivity contribution in [3.8, 4) is 0 Å². The van der Waals surface area contributed by atoms with E-state index >= 15 is 0 Å². The highest BCUT2D eigenvalue weighted by Gasteiger charge is 2.16. The molecule has 0 atom stereocenters. The molecule has 1 fully saturated rings. The average Bonchev–Trinajstić information content (AvgIpc) is 2.42. The number of likely N-dealkylation sites (tertiary alicyclic amines) is 1. The van der Waals surface area contributed by atoms with E-state index in [1.807, 2.05) is 18.2 Å². The molecule has 0 saturated carbocycles. The van der Waals surface area contributed by atoms with Crippen molar-refractivity contribution in [2.24, 2.45) is 0 Å². The third-order valence-electron chi connectivity index (χ3n) is 4.26. The van der Waals surface area contributed by atoms with Gasteiger partial charge in [-0.1, -0.05) is 22.0 Å². The standard InChI is InChI=1S/C17H15BrN2O/c18-13-2-3-14-12(10-20-6-1-7-20)8-11-4-5-19-17(21)16(11)15(14)9-13/h2-5,8-9H,1,6-7,10H2,(H,19,21). The van der Waals surface area contributed by atoms with Crippen molar-refractivity contribution >= 4 is 37.5 Å². The molecule has 0 radical (unpaired) electrons. The van der Waals surface area contributed by atoms with Crippen molar-refractivity contribution in [2.45, 2.75) is 13.0 Å². The summed E-state index contributed by atoms with van der Waals surface area (Å²) in [5, 5.41) is 3.99. The number of aromatic amines is 1. The van der Waals surface area contributed by atoms with Crippen molar-refractivity contribution in [1.29, 1.82) is 0 Å². The van der Waals surface area contributed by atoms with E-state index in [2.05, 4.69) is 37.9 Å². The zero-order valence-corrected chi connectivity index (χ0v) is 13.1. The second-order valence-electron chi connectivity index (χ2n) is 5.63. The van der Waals surface area contributed by atoms with E-state index in [1.165, 1.54) is 30.5 Å². The maximum atomic E-state index is 12.2. The molecule has 4 heteroatoms.